The molecule has 10 nitrogen and oxygen atoms in total. The maximum absolute atomic E-state index is 12.8. The Kier molecular flexibility index (Phi) is 40.6. The molecule has 1 aliphatic rings. The molecule has 0 spiro atoms. The molecule has 6 atom stereocenters. The highest BCUT2D eigenvalue weighted by Crippen LogP contribution is 2.23. The minimum Gasteiger partial charge on any atom is -0.462 e. The van der Waals surface area contributed by atoms with Gasteiger partial charge in [0.25, 0.3) is 0 Å². The second kappa shape index (κ2) is 43.5. The Hall–Kier alpha value is -2.34. The van der Waals surface area contributed by atoms with Crippen LogP contribution in [0.3, 0.4) is 0 Å². The molecule has 0 amide bonds. The van der Waals surface area contributed by atoms with Crippen LogP contribution in [0.5, 0.6) is 0 Å². The first kappa shape index (κ1) is 58.7. The van der Waals surface area contributed by atoms with Gasteiger partial charge in [-0.2, -0.15) is 0 Å². The van der Waals surface area contributed by atoms with Crippen LogP contribution in [0.1, 0.15) is 219 Å². The third kappa shape index (κ3) is 34.6. The molecule has 6 unspecified atom stereocenters. The van der Waals surface area contributed by atoms with Crippen LogP contribution in [0.4, 0.5) is 0 Å². The number of carbonyl (C=O) groups excluding carboxylic acids is 2. The molecule has 1 saturated heterocycles. The van der Waals surface area contributed by atoms with Gasteiger partial charge in [-0.05, 0) is 77.0 Å². The molecule has 0 aromatic heterocycles. The number of carbonyl (C=O) groups is 2. The zero-order valence-electron chi connectivity index (χ0n) is 40.1. The lowest BCUT2D eigenvalue weighted by Gasteiger charge is -2.39. The first-order valence-corrected chi connectivity index (χ1v) is 25.7. The van der Waals surface area contributed by atoms with Crippen molar-refractivity contribution in [2.24, 2.45) is 0 Å². The number of esters is 2. The molecular weight excluding hydrogens is 797 g/mol. The van der Waals surface area contributed by atoms with Gasteiger partial charge < -0.3 is 39.4 Å². The number of aliphatic hydroxyl groups excluding tert-OH is 4. The lowest BCUT2D eigenvalue weighted by Crippen LogP contribution is -2.59. The van der Waals surface area contributed by atoms with E-state index >= 15 is 0 Å². The molecule has 63 heavy (non-hydrogen) atoms. The first-order valence-electron chi connectivity index (χ1n) is 25.7. The van der Waals surface area contributed by atoms with Crippen molar-refractivity contribution < 1.29 is 49.0 Å². The van der Waals surface area contributed by atoms with E-state index in [9.17, 15) is 30.0 Å². The van der Waals surface area contributed by atoms with Crippen LogP contribution < -0.4 is 0 Å². The van der Waals surface area contributed by atoms with Crippen molar-refractivity contribution in [2.45, 2.75) is 256 Å². The van der Waals surface area contributed by atoms with Gasteiger partial charge in [0.05, 0.1) is 13.2 Å². The van der Waals surface area contributed by atoms with Crippen LogP contribution in [0, 0.1) is 0 Å². The lowest BCUT2D eigenvalue weighted by molar-refractivity contribution is -0.305. The molecule has 366 valence electrons. The normalized spacial score (nSPS) is 19.9. The highest BCUT2D eigenvalue weighted by atomic mass is 16.7. The smallest absolute Gasteiger partial charge is 0.306 e. The Morgan fingerprint density at radius 3 is 1.32 bits per heavy atom. The van der Waals surface area contributed by atoms with E-state index in [1.54, 1.807) is 0 Å². The molecule has 0 aromatic carbocycles. The van der Waals surface area contributed by atoms with Gasteiger partial charge in [0, 0.05) is 12.8 Å². The summed E-state index contributed by atoms with van der Waals surface area (Å²) in [6, 6.07) is 0. The van der Waals surface area contributed by atoms with E-state index < -0.39 is 49.4 Å². The summed E-state index contributed by atoms with van der Waals surface area (Å²) in [5, 5.41) is 40.2. The summed E-state index contributed by atoms with van der Waals surface area (Å²) in [7, 11) is 0. The number of unbranched alkanes of at least 4 members (excludes halogenated alkanes) is 24. The van der Waals surface area contributed by atoms with E-state index in [1.165, 1.54) is 116 Å². The fourth-order valence-corrected chi connectivity index (χ4v) is 7.60. The molecule has 10 heteroatoms. The zero-order valence-corrected chi connectivity index (χ0v) is 40.1. The average Bonchev–Trinajstić information content (AvgIpc) is 3.28. The Balaban J connectivity index is 2.27. The summed E-state index contributed by atoms with van der Waals surface area (Å²) < 4.78 is 22.2. The van der Waals surface area contributed by atoms with Crippen molar-refractivity contribution in [3.63, 3.8) is 0 Å². The van der Waals surface area contributed by atoms with Gasteiger partial charge in [0.15, 0.2) is 12.4 Å². The van der Waals surface area contributed by atoms with Crippen molar-refractivity contribution in [3.05, 3.63) is 48.6 Å². The summed E-state index contributed by atoms with van der Waals surface area (Å²) in [6.45, 7) is 3.39. The molecule has 1 heterocycles. The molecule has 0 aromatic rings. The van der Waals surface area contributed by atoms with Gasteiger partial charge >= 0.3 is 11.9 Å². The van der Waals surface area contributed by atoms with Gasteiger partial charge in [-0.3, -0.25) is 9.59 Å². The number of hydrogen-bond acceptors (Lipinski definition) is 10. The van der Waals surface area contributed by atoms with Crippen LogP contribution >= 0.6 is 0 Å². The van der Waals surface area contributed by atoms with Crippen molar-refractivity contribution in [1.82, 2.24) is 0 Å². The number of rotatable bonds is 43. The summed E-state index contributed by atoms with van der Waals surface area (Å²) in [5.74, 6) is -0.812. The number of hydrogen-bond donors (Lipinski definition) is 4. The minimum atomic E-state index is -1.60. The SMILES string of the molecule is CCCCC/C=C\C/C=C\CCCCCCCCCCCC(=O)OCC(COC1OC(CO)C(O)C(O)C1O)OC(=O)CCCCCCCCCCC/C=C\C/C=C\CCCCC. The zero-order chi connectivity index (χ0) is 45.9. The minimum absolute atomic E-state index is 0.221. The van der Waals surface area contributed by atoms with Crippen molar-refractivity contribution >= 4 is 11.9 Å². The second-order valence-corrected chi connectivity index (χ2v) is 17.6. The Morgan fingerprint density at radius 1 is 0.492 bits per heavy atom. The summed E-state index contributed by atoms with van der Waals surface area (Å²) in [4.78, 5) is 25.5. The quantitative estimate of drug-likeness (QED) is 0.0264. The van der Waals surface area contributed by atoms with Crippen molar-refractivity contribution in [2.75, 3.05) is 19.8 Å². The van der Waals surface area contributed by atoms with Crippen LogP contribution in [-0.2, 0) is 28.5 Å². The number of ether oxygens (including phenoxy) is 4. The van der Waals surface area contributed by atoms with Crippen LogP contribution in [0.25, 0.3) is 0 Å². The Morgan fingerprint density at radius 2 is 0.889 bits per heavy atom. The van der Waals surface area contributed by atoms with E-state index in [0.29, 0.717) is 6.42 Å². The van der Waals surface area contributed by atoms with Crippen LogP contribution in [0.15, 0.2) is 48.6 Å². The third-order valence-electron chi connectivity index (χ3n) is 11.7. The van der Waals surface area contributed by atoms with Crippen LogP contribution in [0.2, 0.25) is 0 Å². The summed E-state index contributed by atoms with van der Waals surface area (Å²) >= 11 is 0. The fraction of sp³-hybridized carbons (Fsp3) is 0.811. The third-order valence-corrected chi connectivity index (χ3v) is 11.7. The maximum Gasteiger partial charge on any atom is 0.306 e. The van der Waals surface area contributed by atoms with E-state index in [-0.39, 0.29) is 32.0 Å². The summed E-state index contributed by atoms with van der Waals surface area (Å²) in [5.41, 5.74) is 0. The van der Waals surface area contributed by atoms with Gasteiger partial charge in [0.2, 0.25) is 0 Å². The predicted molar refractivity (Wildman–Crippen MR) is 256 cm³/mol. The highest BCUT2D eigenvalue weighted by molar-refractivity contribution is 5.70. The van der Waals surface area contributed by atoms with E-state index in [1.807, 2.05) is 0 Å². The fourth-order valence-electron chi connectivity index (χ4n) is 7.60. The molecule has 4 N–H and O–H groups in total. The lowest BCUT2D eigenvalue weighted by atomic mass is 9.99. The Labute approximate surface area is 384 Å². The first-order chi connectivity index (χ1) is 30.8. The van der Waals surface area contributed by atoms with Gasteiger partial charge in [-0.25, -0.2) is 0 Å². The van der Waals surface area contributed by atoms with Gasteiger partial charge in [-0.15, -0.1) is 0 Å². The van der Waals surface area contributed by atoms with E-state index in [0.717, 1.165) is 70.6 Å². The number of aliphatic hydroxyl groups is 4. The van der Waals surface area contributed by atoms with Gasteiger partial charge in [0.1, 0.15) is 31.0 Å². The molecule has 1 fully saturated rings. The monoisotopic (exact) mass is 891 g/mol. The van der Waals surface area contributed by atoms with Crippen molar-refractivity contribution in [3.8, 4) is 0 Å². The molecule has 0 radical (unpaired) electrons. The average molecular weight is 891 g/mol. The maximum atomic E-state index is 12.8. The van der Waals surface area contributed by atoms with Crippen LogP contribution in [-0.4, -0.2) is 89.0 Å². The Bertz CT molecular complexity index is 1170. The highest BCUT2D eigenvalue weighted by Gasteiger charge is 2.44. The molecule has 1 rings (SSSR count). The number of allylic oxidation sites excluding steroid dienone is 8. The summed E-state index contributed by atoms with van der Waals surface area (Å²) in [6.07, 6.45) is 45.4. The molecule has 0 saturated carbocycles. The molecular formula is C53H94O10. The van der Waals surface area contributed by atoms with Gasteiger partial charge in [-0.1, -0.05) is 178 Å². The molecule has 0 bridgehead atoms. The molecule has 1 aliphatic heterocycles. The van der Waals surface area contributed by atoms with E-state index in [4.69, 9.17) is 18.9 Å². The standard InChI is InChI=1S/C53H94O10/c1-3-5-7-9-11-13-15-17-19-21-23-25-27-29-31-33-35-37-39-41-48(55)60-44-46(45-61-53-52(59)51(58)50(57)47(43-54)63-53)62-49(56)42-40-38-36-34-32-30-28-26-24-22-20-18-16-14-12-10-8-6-4-2/h11-14,17-20,46-47,50-54,57-59H,3-10,15-16,21-45H2,1-2H3/b13-11-,14-12-,19-17-,20-18-. The van der Waals surface area contributed by atoms with Crippen molar-refractivity contribution in [1.29, 1.82) is 0 Å². The second-order valence-electron chi connectivity index (χ2n) is 17.6. The van der Waals surface area contributed by atoms with E-state index in [2.05, 4.69) is 62.5 Å². The topological polar surface area (TPSA) is 152 Å². The molecule has 0 aliphatic carbocycles. The predicted octanol–water partition coefficient (Wildman–Crippen LogP) is 12.0. The largest absolute Gasteiger partial charge is 0.462 e.